The zero-order chi connectivity index (χ0) is 11.1. The average Bonchev–Trinajstić information content (AvgIpc) is 2.26. The Morgan fingerprint density at radius 2 is 2.33 bits per heavy atom. The Morgan fingerprint density at radius 1 is 1.53 bits per heavy atom. The Labute approximate surface area is 90.8 Å². The molecule has 0 saturated heterocycles. The van der Waals surface area contributed by atoms with Crippen molar-refractivity contribution in [1.82, 2.24) is 10.4 Å². The average molecular weight is 209 g/mol. The van der Waals surface area contributed by atoms with Crippen molar-refractivity contribution in [3.05, 3.63) is 29.6 Å². The van der Waals surface area contributed by atoms with Crippen molar-refractivity contribution in [1.29, 1.82) is 0 Å². The van der Waals surface area contributed by atoms with Crippen molar-refractivity contribution in [3.8, 4) is 0 Å². The van der Waals surface area contributed by atoms with Gasteiger partial charge in [0.15, 0.2) is 0 Å². The predicted molar refractivity (Wildman–Crippen MR) is 60.1 cm³/mol. The highest BCUT2D eigenvalue weighted by Crippen LogP contribution is 2.11. The molecule has 4 heteroatoms. The van der Waals surface area contributed by atoms with Gasteiger partial charge in [-0.1, -0.05) is 13.0 Å². The van der Waals surface area contributed by atoms with Crippen LogP contribution < -0.4 is 11.3 Å². The Bertz CT molecular complexity index is 274. The highest BCUT2D eigenvalue weighted by molar-refractivity contribution is 5.17. The van der Waals surface area contributed by atoms with Gasteiger partial charge < -0.3 is 4.74 Å². The van der Waals surface area contributed by atoms with Gasteiger partial charge in [0.2, 0.25) is 0 Å². The van der Waals surface area contributed by atoms with Crippen LogP contribution in [-0.4, -0.2) is 18.2 Å². The number of pyridine rings is 1. The normalized spacial score (nSPS) is 12.7. The zero-order valence-corrected chi connectivity index (χ0v) is 9.36. The van der Waals surface area contributed by atoms with E-state index in [4.69, 9.17) is 10.6 Å². The van der Waals surface area contributed by atoms with Gasteiger partial charge in [-0.2, -0.15) is 0 Å². The van der Waals surface area contributed by atoms with E-state index < -0.39 is 0 Å². The number of nitrogens with two attached hydrogens (primary N) is 1. The van der Waals surface area contributed by atoms with Crippen LogP contribution in [0.25, 0.3) is 0 Å². The minimum atomic E-state index is 0.0182. The van der Waals surface area contributed by atoms with Crippen LogP contribution in [0.2, 0.25) is 0 Å². The maximum atomic E-state index is 5.47. The van der Waals surface area contributed by atoms with Crippen LogP contribution in [0.15, 0.2) is 18.3 Å². The van der Waals surface area contributed by atoms with Crippen molar-refractivity contribution in [2.75, 3.05) is 13.2 Å². The summed E-state index contributed by atoms with van der Waals surface area (Å²) in [7, 11) is 0. The molecule has 0 amide bonds. The van der Waals surface area contributed by atoms with E-state index in [2.05, 4.69) is 17.3 Å². The van der Waals surface area contributed by atoms with E-state index in [9.17, 15) is 0 Å². The van der Waals surface area contributed by atoms with Crippen molar-refractivity contribution >= 4 is 0 Å². The molecule has 0 aliphatic rings. The molecule has 0 saturated carbocycles. The monoisotopic (exact) mass is 209 g/mol. The fraction of sp³-hybridized carbons (Fsp3) is 0.545. The SMILES string of the molecule is CCCOCC(NN)c1ccc(C)nc1. The van der Waals surface area contributed by atoms with Gasteiger partial charge in [0.25, 0.3) is 0 Å². The van der Waals surface area contributed by atoms with E-state index in [0.717, 1.165) is 24.3 Å². The Balaban J connectivity index is 2.53. The summed E-state index contributed by atoms with van der Waals surface area (Å²) in [6, 6.07) is 4.01. The first kappa shape index (κ1) is 12.1. The van der Waals surface area contributed by atoms with E-state index in [-0.39, 0.29) is 6.04 Å². The summed E-state index contributed by atoms with van der Waals surface area (Å²) < 4.78 is 5.45. The van der Waals surface area contributed by atoms with Crippen molar-refractivity contribution < 1.29 is 4.74 Å². The molecular weight excluding hydrogens is 190 g/mol. The second kappa shape index (κ2) is 6.50. The minimum Gasteiger partial charge on any atom is -0.379 e. The Kier molecular flexibility index (Phi) is 5.25. The minimum absolute atomic E-state index is 0.0182. The number of hydrogen-bond donors (Lipinski definition) is 2. The number of hydrogen-bond acceptors (Lipinski definition) is 4. The molecule has 0 bridgehead atoms. The third-order valence-electron chi connectivity index (χ3n) is 2.17. The van der Waals surface area contributed by atoms with Crippen molar-refractivity contribution in [3.63, 3.8) is 0 Å². The van der Waals surface area contributed by atoms with Crippen LogP contribution in [0.4, 0.5) is 0 Å². The molecule has 0 fully saturated rings. The molecule has 15 heavy (non-hydrogen) atoms. The first-order valence-electron chi connectivity index (χ1n) is 5.24. The fourth-order valence-corrected chi connectivity index (χ4v) is 1.27. The Morgan fingerprint density at radius 3 is 2.87 bits per heavy atom. The van der Waals surface area contributed by atoms with Crippen LogP contribution in [0.5, 0.6) is 0 Å². The van der Waals surface area contributed by atoms with Gasteiger partial charge in [0, 0.05) is 18.5 Å². The highest BCUT2D eigenvalue weighted by atomic mass is 16.5. The molecule has 3 N–H and O–H groups in total. The summed E-state index contributed by atoms with van der Waals surface area (Å²) in [6.07, 6.45) is 2.85. The number of hydrazine groups is 1. The number of nitrogens with one attached hydrogen (secondary N) is 1. The summed E-state index contributed by atoms with van der Waals surface area (Å²) in [5.74, 6) is 5.47. The third kappa shape index (κ3) is 3.95. The van der Waals surface area contributed by atoms with Gasteiger partial charge in [-0.05, 0) is 25.0 Å². The second-order valence-electron chi connectivity index (χ2n) is 3.53. The lowest BCUT2D eigenvalue weighted by Crippen LogP contribution is -2.31. The van der Waals surface area contributed by atoms with Gasteiger partial charge in [0.05, 0.1) is 12.6 Å². The second-order valence-corrected chi connectivity index (χ2v) is 3.53. The highest BCUT2D eigenvalue weighted by Gasteiger charge is 2.09. The summed E-state index contributed by atoms with van der Waals surface area (Å²) in [5, 5.41) is 0. The van der Waals surface area contributed by atoms with Crippen molar-refractivity contribution in [2.45, 2.75) is 26.3 Å². The molecule has 1 atom stereocenters. The standard InChI is InChI=1S/C11H19N3O/c1-3-6-15-8-11(14-12)10-5-4-9(2)13-7-10/h4-5,7,11,14H,3,6,8,12H2,1-2H3. The number of nitrogens with zero attached hydrogens (tertiary/aromatic N) is 1. The van der Waals surface area contributed by atoms with Crippen LogP contribution in [0.1, 0.15) is 30.6 Å². The molecule has 4 nitrogen and oxygen atoms in total. The maximum absolute atomic E-state index is 5.47. The third-order valence-corrected chi connectivity index (χ3v) is 2.17. The van der Waals surface area contributed by atoms with Crippen LogP contribution in [0.3, 0.4) is 0 Å². The molecule has 1 unspecified atom stereocenters. The molecule has 0 aromatic carbocycles. The fourth-order valence-electron chi connectivity index (χ4n) is 1.27. The lowest BCUT2D eigenvalue weighted by atomic mass is 10.1. The molecular formula is C11H19N3O. The molecule has 1 aromatic heterocycles. The smallest absolute Gasteiger partial charge is 0.0708 e. The number of ether oxygens (including phenoxy) is 1. The molecule has 0 spiro atoms. The number of aromatic nitrogens is 1. The van der Waals surface area contributed by atoms with E-state index >= 15 is 0 Å². The molecule has 1 heterocycles. The summed E-state index contributed by atoms with van der Waals surface area (Å²) in [4.78, 5) is 4.23. The van der Waals surface area contributed by atoms with E-state index in [1.165, 1.54) is 0 Å². The lowest BCUT2D eigenvalue weighted by molar-refractivity contribution is 0.112. The van der Waals surface area contributed by atoms with Crippen LogP contribution in [-0.2, 0) is 4.74 Å². The van der Waals surface area contributed by atoms with Gasteiger partial charge in [-0.25, -0.2) is 0 Å². The summed E-state index contributed by atoms with van der Waals surface area (Å²) >= 11 is 0. The summed E-state index contributed by atoms with van der Waals surface area (Å²) in [5.41, 5.74) is 4.79. The topological polar surface area (TPSA) is 60.2 Å². The van der Waals surface area contributed by atoms with Gasteiger partial charge in [-0.15, -0.1) is 0 Å². The van der Waals surface area contributed by atoms with E-state index in [0.29, 0.717) is 6.61 Å². The van der Waals surface area contributed by atoms with Crippen molar-refractivity contribution in [2.24, 2.45) is 5.84 Å². The predicted octanol–water partition coefficient (Wildman–Crippen LogP) is 1.32. The Hall–Kier alpha value is -0.970. The van der Waals surface area contributed by atoms with Gasteiger partial charge in [0.1, 0.15) is 0 Å². The van der Waals surface area contributed by atoms with E-state index in [1.807, 2.05) is 25.3 Å². The van der Waals surface area contributed by atoms with E-state index in [1.54, 1.807) is 0 Å². The molecule has 0 aliphatic heterocycles. The zero-order valence-electron chi connectivity index (χ0n) is 9.36. The molecule has 0 aliphatic carbocycles. The number of rotatable bonds is 6. The van der Waals surface area contributed by atoms with Gasteiger partial charge in [-0.3, -0.25) is 16.3 Å². The molecule has 1 aromatic rings. The van der Waals surface area contributed by atoms with Gasteiger partial charge >= 0.3 is 0 Å². The first-order valence-corrected chi connectivity index (χ1v) is 5.24. The summed E-state index contributed by atoms with van der Waals surface area (Å²) in [6.45, 7) is 5.38. The van der Waals surface area contributed by atoms with Crippen LogP contribution >= 0.6 is 0 Å². The maximum Gasteiger partial charge on any atom is 0.0708 e. The largest absolute Gasteiger partial charge is 0.379 e. The first-order chi connectivity index (χ1) is 7.27. The lowest BCUT2D eigenvalue weighted by Gasteiger charge is -2.15. The number of aryl methyl sites for hydroxylation is 1. The van der Waals surface area contributed by atoms with Crippen LogP contribution in [0, 0.1) is 6.92 Å². The molecule has 0 radical (unpaired) electrons. The molecule has 1 rings (SSSR count). The molecule has 84 valence electrons. The quantitative estimate of drug-likeness (QED) is 0.421.